The summed E-state index contributed by atoms with van der Waals surface area (Å²) in [4.78, 5) is 12.6. The van der Waals surface area contributed by atoms with E-state index < -0.39 is 45.4 Å². The van der Waals surface area contributed by atoms with Crippen LogP contribution in [-0.4, -0.2) is 32.7 Å². The van der Waals surface area contributed by atoms with Crippen LogP contribution in [0.5, 0.6) is 0 Å². The highest BCUT2D eigenvalue weighted by atomic mass is 32.2. The lowest BCUT2D eigenvalue weighted by molar-refractivity contribution is -0.185. The first-order chi connectivity index (χ1) is 12.6. The average Bonchev–Trinajstić information content (AvgIpc) is 2.48. The first kappa shape index (κ1) is 27.4. The molecule has 0 heterocycles. The SMILES string of the molecule is CCCCCCCC[C@@H](C(=O)OC(C)(C)C)[C@@H](N[S@](=O)C(C)(C)C)C(F)(F)F. The number of carbonyl (C=O) groups excluding carboxylic acids is 1. The summed E-state index contributed by atoms with van der Waals surface area (Å²) in [6.07, 6.45) is 0.696. The predicted octanol–water partition coefficient (Wildman–Crippen LogP) is 5.68. The van der Waals surface area contributed by atoms with Crippen molar-refractivity contribution in [2.45, 2.75) is 116 Å². The Morgan fingerprint density at radius 1 is 0.964 bits per heavy atom. The molecule has 0 aliphatic rings. The summed E-state index contributed by atoms with van der Waals surface area (Å²) in [5.41, 5.74) is -0.893. The van der Waals surface area contributed by atoms with Gasteiger partial charge in [-0.25, -0.2) is 8.93 Å². The minimum atomic E-state index is -4.72. The second-order valence-corrected chi connectivity index (χ2v) is 11.2. The molecule has 168 valence electrons. The van der Waals surface area contributed by atoms with Gasteiger partial charge in [0.15, 0.2) is 0 Å². The molecule has 0 rings (SSSR count). The summed E-state index contributed by atoms with van der Waals surface area (Å²) in [5, 5.41) is 0. The molecular weight excluding hydrogens is 391 g/mol. The summed E-state index contributed by atoms with van der Waals surface area (Å²) in [6, 6.07) is -2.21. The Kier molecular flexibility index (Phi) is 11.3. The number of rotatable bonds is 11. The van der Waals surface area contributed by atoms with Crippen molar-refractivity contribution in [3.05, 3.63) is 0 Å². The molecule has 0 aromatic carbocycles. The van der Waals surface area contributed by atoms with Crippen molar-refractivity contribution in [2.24, 2.45) is 5.92 Å². The van der Waals surface area contributed by atoms with E-state index in [1.54, 1.807) is 41.5 Å². The van der Waals surface area contributed by atoms with Crippen LogP contribution in [0.25, 0.3) is 0 Å². The lowest BCUT2D eigenvalue weighted by Gasteiger charge is -2.32. The zero-order valence-electron chi connectivity index (χ0n) is 18.4. The van der Waals surface area contributed by atoms with Gasteiger partial charge < -0.3 is 4.74 Å². The molecule has 0 fully saturated rings. The summed E-state index contributed by atoms with van der Waals surface area (Å²) in [5.74, 6) is -2.33. The number of ether oxygens (including phenoxy) is 1. The lowest BCUT2D eigenvalue weighted by Crippen LogP contribution is -2.54. The van der Waals surface area contributed by atoms with Gasteiger partial charge in [0.05, 0.1) is 21.7 Å². The van der Waals surface area contributed by atoms with Gasteiger partial charge in [-0.3, -0.25) is 4.79 Å². The van der Waals surface area contributed by atoms with Crippen molar-refractivity contribution in [1.29, 1.82) is 0 Å². The van der Waals surface area contributed by atoms with Gasteiger partial charge in [-0.05, 0) is 48.0 Å². The zero-order valence-corrected chi connectivity index (χ0v) is 19.2. The molecule has 0 radical (unpaired) electrons. The predicted molar refractivity (Wildman–Crippen MR) is 108 cm³/mol. The summed E-state index contributed by atoms with van der Waals surface area (Å²) in [7, 11) is -1.96. The van der Waals surface area contributed by atoms with Crippen LogP contribution in [-0.2, 0) is 20.5 Å². The minimum absolute atomic E-state index is 0.0412. The van der Waals surface area contributed by atoms with Crippen molar-refractivity contribution in [3.63, 3.8) is 0 Å². The van der Waals surface area contributed by atoms with Crippen LogP contribution >= 0.6 is 0 Å². The van der Waals surface area contributed by atoms with Gasteiger partial charge in [-0.15, -0.1) is 0 Å². The molecule has 0 aliphatic carbocycles. The van der Waals surface area contributed by atoms with E-state index in [0.29, 0.717) is 6.42 Å². The molecule has 0 spiro atoms. The number of unbranched alkanes of at least 4 members (excludes halogenated alkanes) is 5. The topological polar surface area (TPSA) is 55.4 Å². The van der Waals surface area contributed by atoms with E-state index in [1.165, 1.54) is 0 Å². The Hall–Kier alpha value is -0.630. The molecular formula is C20H38F3NO3S. The molecule has 0 aromatic rings. The number of hydrogen-bond acceptors (Lipinski definition) is 3. The van der Waals surface area contributed by atoms with Crippen LogP contribution in [0.4, 0.5) is 13.2 Å². The maximum Gasteiger partial charge on any atom is 0.405 e. The molecule has 0 saturated carbocycles. The molecule has 4 nitrogen and oxygen atoms in total. The summed E-state index contributed by atoms with van der Waals surface area (Å²) >= 11 is 0. The smallest absolute Gasteiger partial charge is 0.405 e. The van der Waals surface area contributed by atoms with Crippen molar-refractivity contribution in [1.82, 2.24) is 4.72 Å². The number of alkyl halides is 3. The fourth-order valence-corrected chi connectivity index (χ4v) is 3.49. The standard InChI is InChI=1S/C20H38F3NO3S/c1-8-9-10-11-12-13-14-15(17(25)27-18(2,3)4)16(20(21,22)23)24-28(26)19(5,6)7/h15-16,24H,8-14H2,1-7H3/t15-,16-,28-/m1/s1. The maximum absolute atomic E-state index is 13.8. The van der Waals surface area contributed by atoms with Crippen molar-refractivity contribution < 1.29 is 26.9 Å². The molecule has 0 aliphatic heterocycles. The van der Waals surface area contributed by atoms with Crippen LogP contribution in [0.15, 0.2) is 0 Å². The number of carbonyl (C=O) groups is 1. The highest BCUT2D eigenvalue weighted by Gasteiger charge is 2.49. The van der Waals surface area contributed by atoms with E-state index in [9.17, 15) is 22.2 Å². The second kappa shape index (κ2) is 11.5. The third-order valence-corrected chi connectivity index (χ3v) is 5.70. The third-order valence-electron chi connectivity index (χ3n) is 4.12. The number of halogens is 3. The summed E-state index contributed by atoms with van der Waals surface area (Å²) in [6.45, 7) is 11.7. The largest absolute Gasteiger partial charge is 0.460 e. The Morgan fingerprint density at radius 3 is 1.89 bits per heavy atom. The van der Waals surface area contributed by atoms with Gasteiger partial charge in [0.1, 0.15) is 11.6 Å². The van der Waals surface area contributed by atoms with Crippen LogP contribution in [0.2, 0.25) is 0 Å². The van der Waals surface area contributed by atoms with Gasteiger partial charge in [-0.1, -0.05) is 45.4 Å². The van der Waals surface area contributed by atoms with E-state index in [-0.39, 0.29) is 6.42 Å². The van der Waals surface area contributed by atoms with Crippen molar-refractivity contribution in [2.75, 3.05) is 0 Å². The van der Waals surface area contributed by atoms with E-state index in [2.05, 4.69) is 11.6 Å². The van der Waals surface area contributed by atoms with Crippen molar-refractivity contribution >= 4 is 17.0 Å². The molecule has 0 unspecified atom stereocenters. The maximum atomic E-state index is 13.8. The van der Waals surface area contributed by atoms with E-state index in [0.717, 1.165) is 32.1 Å². The highest BCUT2D eigenvalue weighted by Crippen LogP contribution is 2.32. The molecule has 28 heavy (non-hydrogen) atoms. The Bertz CT molecular complexity index is 496. The number of hydrogen-bond donors (Lipinski definition) is 1. The van der Waals surface area contributed by atoms with Crippen LogP contribution in [0.3, 0.4) is 0 Å². The third kappa shape index (κ3) is 11.4. The van der Waals surface area contributed by atoms with Crippen LogP contribution in [0, 0.1) is 5.92 Å². The Balaban J connectivity index is 5.41. The normalized spacial score (nSPS) is 16.5. The molecule has 3 atom stereocenters. The van der Waals surface area contributed by atoms with Gasteiger partial charge in [0.25, 0.3) is 0 Å². The number of nitrogens with one attached hydrogen (secondary N) is 1. The summed E-state index contributed by atoms with van der Waals surface area (Å²) < 4.78 is 60.2. The zero-order chi connectivity index (χ0) is 22.2. The van der Waals surface area contributed by atoms with Crippen LogP contribution in [0.1, 0.15) is 93.4 Å². The molecule has 8 heteroatoms. The molecule has 0 saturated heterocycles. The van der Waals surface area contributed by atoms with Gasteiger partial charge >= 0.3 is 12.1 Å². The van der Waals surface area contributed by atoms with E-state index >= 15 is 0 Å². The van der Waals surface area contributed by atoms with Crippen molar-refractivity contribution in [3.8, 4) is 0 Å². The van der Waals surface area contributed by atoms with E-state index in [4.69, 9.17) is 4.74 Å². The fraction of sp³-hybridized carbons (Fsp3) is 0.950. The highest BCUT2D eigenvalue weighted by molar-refractivity contribution is 7.84. The minimum Gasteiger partial charge on any atom is -0.460 e. The molecule has 1 N–H and O–H groups in total. The lowest BCUT2D eigenvalue weighted by atomic mass is 9.92. The molecule has 0 bridgehead atoms. The van der Waals surface area contributed by atoms with Crippen LogP contribution < -0.4 is 4.72 Å². The first-order valence-electron chi connectivity index (χ1n) is 10.1. The molecule has 0 aromatic heterocycles. The Morgan fingerprint density at radius 2 is 1.46 bits per heavy atom. The van der Waals surface area contributed by atoms with E-state index in [1.807, 2.05) is 0 Å². The second-order valence-electron chi connectivity index (χ2n) is 9.21. The monoisotopic (exact) mass is 429 g/mol. The first-order valence-corrected chi connectivity index (χ1v) is 11.2. The van der Waals surface area contributed by atoms with Gasteiger partial charge in [-0.2, -0.15) is 13.2 Å². The fourth-order valence-electron chi connectivity index (χ4n) is 2.61. The number of esters is 1. The average molecular weight is 430 g/mol. The Labute approximate surface area is 171 Å². The quantitative estimate of drug-likeness (QED) is 0.340. The molecule has 0 amide bonds. The van der Waals surface area contributed by atoms with Gasteiger partial charge in [0, 0.05) is 0 Å². The van der Waals surface area contributed by atoms with Gasteiger partial charge in [0.2, 0.25) is 0 Å².